The Morgan fingerprint density at radius 1 is 1.00 bits per heavy atom. The molecule has 6 nitrogen and oxygen atoms in total. The molecule has 2 fully saturated rings. The molecule has 0 aromatic carbocycles. The molecule has 0 radical (unpaired) electrons. The second kappa shape index (κ2) is 8.49. The molecule has 0 atom stereocenters. The molecule has 4 aromatic heterocycles. The summed E-state index contributed by atoms with van der Waals surface area (Å²) in [4.78, 5) is 16.2. The molecule has 1 N–H and O–H groups in total. The first-order chi connectivity index (χ1) is 16.5. The number of aryl methyl sites for hydroxylation is 1. The number of likely N-dealkylation sites (tertiary alicyclic amines) is 1. The van der Waals surface area contributed by atoms with Crippen LogP contribution in [0.4, 0.5) is 0 Å². The van der Waals surface area contributed by atoms with Gasteiger partial charge in [0.1, 0.15) is 6.33 Å². The molecule has 0 spiro atoms. The van der Waals surface area contributed by atoms with Crippen LogP contribution in [0.1, 0.15) is 86.6 Å². The number of rotatable bonds is 4. The maximum Gasteiger partial charge on any atom is 0.158 e. The lowest BCUT2D eigenvalue weighted by Gasteiger charge is -2.34. The highest BCUT2D eigenvalue weighted by Gasteiger charge is 2.29. The van der Waals surface area contributed by atoms with E-state index in [4.69, 9.17) is 4.98 Å². The summed E-state index contributed by atoms with van der Waals surface area (Å²) in [6.45, 7) is 11.5. The summed E-state index contributed by atoms with van der Waals surface area (Å²) < 4.78 is 1.89. The molecule has 1 aliphatic heterocycles. The first-order valence-electron chi connectivity index (χ1n) is 13.1. The van der Waals surface area contributed by atoms with Crippen LogP contribution in [0.5, 0.6) is 0 Å². The van der Waals surface area contributed by atoms with Crippen molar-refractivity contribution in [3.05, 3.63) is 47.0 Å². The third kappa shape index (κ3) is 3.54. The number of hydrogen-bond acceptors (Lipinski definition) is 4. The van der Waals surface area contributed by atoms with E-state index in [-0.39, 0.29) is 0 Å². The minimum Gasteiger partial charge on any atom is -0.353 e. The van der Waals surface area contributed by atoms with Crippen LogP contribution < -0.4 is 0 Å². The van der Waals surface area contributed by atoms with E-state index in [9.17, 15) is 0 Å². The van der Waals surface area contributed by atoms with Gasteiger partial charge >= 0.3 is 0 Å². The standard InChI is InChI=1S/C28H36N6/c1-17(2)25-26(22-15-34-28(29-16-30-34)19(4)18(22)3)32-24-12-11-23(31-27(24)25)20-7-9-21(10-8-20)33-13-5-6-14-33/h11-12,15-17,20-21,32H,5-10,13-14H2,1-4H3. The van der Waals surface area contributed by atoms with Crippen LogP contribution in [0.2, 0.25) is 0 Å². The van der Waals surface area contributed by atoms with E-state index < -0.39 is 0 Å². The number of nitrogens with zero attached hydrogens (tertiary/aromatic N) is 5. The van der Waals surface area contributed by atoms with Crippen LogP contribution in [-0.4, -0.2) is 48.6 Å². The van der Waals surface area contributed by atoms with Gasteiger partial charge in [-0.25, -0.2) is 9.50 Å². The molecule has 6 rings (SSSR count). The predicted octanol–water partition coefficient (Wildman–Crippen LogP) is 6.13. The van der Waals surface area contributed by atoms with Crippen molar-refractivity contribution < 1.29 is 0 Å². The molecule has 1 saturated heterocycles. The molecule has 6 heteroatoms. The third-order valence-corrected chi connectivity index (χ3v) is 8.45. The molecule has 0 unspecified atom stereocenters. The summed E-state index contributed by atoms with van der Waals surface area (Å²) in [6, 6.07) is 5.33. The highest BCUT2D eigenvalue weighted by atomic mass is 15.3. The van der Waals surface area contributed by atoms with Crippen molar-refractivity contribution >= 4 is 16.7 Å². The van der Waals surface area contributed by atoms with Gasteiger partial charge in [0.25, 0.3) is 0 Å². The third-order valence-electron chi connectivity index (χ3n) is 8.45. The maximum absolute atomic E-state index is 5.31. The quantitative estimate of drug-likeness (QED) is 0.401. The van der Waals surface area contributed by atoms with Crippen LogP contribution in [0.25, 0.3) is 27.9 Å². The topological polar surface area (TPSA) is 62.1 Å². The zero-order valence-corrected chi connectivity index (χ0v) is 20.9. The van der Waals surface area contributed by atoms with E-state index in [1.165, 1.54) is 85.3 Å². The first kappa shape index (κ1) is 21.8. The smallest absolute Gasteiger partial charge is 0.158 e. The predicted molar refractivity (Wildman–Crippen MR) is 137 cm³/mol. The van der Waals surface area contributed by atoms with Crippen molar-refractivity contribution in [3.8, 4) is 11.3 Å². The number of nitrogens with one attached hydrogen (secondary N) is 1. The molecule has 5 heterocycles. The first-order valence-corrected chi connectivity index (χ1v) is 13.1. The van der Waals surface area contributed by atoms with Gasteiger partial charge in [0.15, 0.2) is 5.65 Å². The Balaban J connectivity index is 1.37. The highest BCUT2D eigenvalue weighted by Crippen LogP contribution is 2.40. The molecule has 4 aromatic rings. The Morgan fingerprint density at radius 3 is 2.50 bits per heavy atom. The van der Waals surface area contributed by atoms with Crippen molar-refractivity contribution in [2.24, 2.45) is 0 Å². The minimum atomic E-state index is 0.364. The van der Waals surface area contributed by atoms with Crippen LogP contribution in [0.3, 0.4) is 0 Å². The summed E-state index contributed by atoms with van der Waals surface area (Å²) in [6.07, 6.45) is 11.7. The lowest BCUT2D eigenvalue weighted by molar-refractivity contribution is 0.181. The van der Waals surface area contributed by atoms with Gasteiger partial charge in [0.2, 0.25) is 0 Å². The molecule has 0 amide bonds. The number of aromatic amines is 1. The molecule has 178 valence electrons. The van der Waals surface area contributed by atoms with Gasteiger partial charge in [-0.15, -0.1) is 0 Å². The van der Waals surface area contributed by atoms with E-state index in [1.54, 1.807) is 6.33 Å². The normalized spacial score (nSPS) is 21.9. The molecule has 1 aliphatic carbocycles. The van der Waals surface area contributed by atoms with Crippen molar-refractivity contribution in [1.29, 1.82) is 0 Å². The molecule has 1 saturated carbocycles. The molecule has 34 heavy (non-hydrogen) atoms. The van der Waals surface area contributed by atoms with Crippen LogP contribution in [0, 0.1) is 13.8 Å². The van der Waals surface area contributed by atoms with E-state index in [2.05, 4.69) is 66.0 Å². The average molecular weight is 457 g/mol. The van der Waals surface area contributed by atoms with Crippen LogP contribution in [-0.2, 0) is 0 Å². The van der Waals surface area contributed by atoms with Gasteiger partial charge in [-0.2, -0.15) is 5.10 Å². The minimum absolute atomic E-state index is 0.364. The molecular weight excluding hydrogens is 420 g/mol. The Hall–Kier alpha value is -2.73. The van der Waals surface area contributed by atoms with Gasteiger partial charge in [-0.1, -0.05) is 13.8 Å². The van der Waals surface area contributed by atoms with Crippen molar-refractivity contribution in [2.45, 2.75) is 84.1 Å². The second-order valence-electron chi connectivity index (χ2n) is 10.8. The Morgan fingerprint density at radius 2 is 1.76 bits per heavy atom. The zero-order chi connectivity index (χ0) is 23.4. The summed E-state index contributed by atoms with van der Waals surface area (Å²) in [5, 5.41) is 4.42. The number of aromatic nitrogens is 5. The van der Waals surface area contributed by atoms with Crippen molar-refractivity contribution in [3.63, 3.8) is 0 Å². The van der Waals surface area contributed by atoms with E-state index in [0.29, 0.717) is 11.8 Å². The van der Waals surface area contributed by atoms with Gasteiger partial charge in [-0.05, 0) is 94.6 Å². The molecule has 2 aliphatic rings. The lowest BCUT2D eigenvalue weighted by Crippen LogP contribution is -2.35. The van der Waals surface area contributed by atoms with Gasteiger partial charge < -0.3 is 9.88 Å². The van der Waals surface area contributed by atoms with Crippen molar-refractivity contribution in [2.75, 3.05) is 13.1 Å². The average Bonchev–Trinajstić information content (AvgIpc) is 3.60. The number of hydrogen-bond donors (Lipinski definition) is 1. The fraction of sp³-hybridized carbons (Fsp3) is 0.536. The second-order valence-corrected chi connectivity index (χ2v) is 10.8. The van der Waals surface area contributed by atoms with Gasteiger partial charge in [0, 0.05) is 35.0 Å². The molecule has 0 bridgehead atoms. The Kier molecular flexibility index (Phi) is 5.44. The van der Waals surface area contributed by atoms with Crippen LogP contribution in [0.15, 0.2) is 24.7 Å². The number of fused-ring (bicyclic) bond motifs is 2. The Bertz CT molecular complexity index is 1330. The fourth-order valence-electron chi connectivity index (χ4n) is 6.40. The van der Waals surface area contributed by atoms with Crippen LogP contribution >= 0.6 is 0 Å². The number of pyridine rings is 2. The highest BCUT2D eigenvalue weighted by molar-refractivity contribution is 5.89. The van der Waals surface area contributed by atoms with Gasteiger partial charge in [0.05, 0.1) is 16.7 Å². The van der Waals surface area contributed by atoms with E-state index in [0.717, 1.165) is 22.7 Å². The number of H-pyrrole nitrogens is 1. The maximum atomic E-state index is 5.31. The fourth-order valence-corrected chi connectivity index (χ4v) is 6.40. The Labute approximate surface area is 201 Å². The summed E-state index contributed by atoms with van der Waals surface area (Å²) in [7, 11) is 0. The molecular formula is C28H36N6. The monoisotopic (exact) mass is 456 g/mol. The zero-order valence-electron chi connectivity index (χ0n) is 20.9. The van der Waals surface area contributed by atoms with E-state index >= 15 is 0 Å². The van der Waals surface area contributed by atoms with Crippen molar-refractivity contribution in [1.82, 2.24) is 29.5 Å². The lowest BCUT2D eigenvalue weighted by atomic mass is 9.83. The summed E-state index contributed by atoms with van der Waals surface area (Å²) in [5.74, 6) is 0.945. The summed E-state index contributed by atoms with van der Waals surface area (Å²) >= 11 is 0. The van der Waals surface area contributed by atoms with E-state index in [1.807, 2.05) is 4.52 Å². The van der Waals surface area contributed by atoms with Gasteiger partial charge in [-0.3, -0.25) is 4.98 Å². The summed E-state index contributed by atoms with van der Waals surface area (Å²) in [5.41, 5.74) is 10.6. The SMILES string of the molecule is Cc1c(-c2[nH]c3ccc(C4CCC(N5CCCC5)CC4)nc3c2C(C)C)cn2ncnc2c1C. The largest absolute Gasteiger partial charge is 0.353 e.